The number of likely N-dealkylation sites (tertiary alicyclic amines) is 1. The third kappa shape index (κ3) is 2.85. The Bertz CT molecular complexity index is 443. The van der Waals surface area contributed by atoms with Crippen LogP contribution >= 0.6 is 0 Å². The normalized spacial score (nSPS) is 16.9. The highest BCUT2D eigenvalue weighted by Crippen LogP contribution is 2.15. The van der Waals surface area contributed by atoms with Gasteiger partial charge < -0.3 is 10.0 Å². The average molecular weight is 255 g/mol. The number of hydrogen-bond acceptors (Lipinski definition) is 2. The van der Waals surface area contributed by atoms with Crippen molar-refractivity contribution in [1.29, 1.82) is 0 Å². The summed E-state index contributed by atoms with van der Waals surface area (Å²) in [5, 5.41) is 9.33. The van der Waals surface area contributed by atoms with Crippen molar-refractivity contribution in [3.63, 3.8) is 0 Å². The lowest BCUT2D eigenvalue weighted by atomic mass is 10.1. The molecule has 0 atom stereocenters. The predicted octanol–water partition coefficient (Wildman–Crippen LogP) is 1.49. The summed E-state index contributed by atoms with van der Waals surface area (Å²) in [5.74, 6) is -2.12. The predicted molar refractivity (Wildman–Crippen MR) is 61.9 cm³/mol. The van der Waals surface area contributed by atoms with Gasteiger partial charge in [0.15, 0.2) is 11.6 Å². The minimum Gasteiger partial charge on any atom is -0.393 e. The van der Waals surface area contributed by atoms with Crippen LogP contribution in [0.15, 0.2) is 18.2 Å². The number of piperidine rings is 1. The fourth-order valence-corrected chi connectivity index (χ4v) is 2.07. The molecule has 18 heavy (non-hydrogen) atoms. The van der Waals surface area contributed by atoms with Gasteiger partial charge in [0.1, 0.15) is 0 Å². The second kappa shape index (κ2) is 5.44. The van der Waals surface area contributed by atoms with Gasteiger partial charge in [0.05, 0.1) is 12.5 Å². The second-order valence-corrected chi connectivity index (χ2v) is 4.50. The summed E-state index contributed by atoms with van der Waals surface area (Å²) < 4.78 is 26.4. The number of hydrogen-bond donors (Lipinski definition) is 1. The van der Waals surface area contributed by atoms with E-state index in [2.05, 4.69) is 0 Å². The molecule has 0 bridgehead atoms. The molecule has 0 radical (unpaired) electrons. The van der Waals surface area contributed by atoms with Crippen LogP contribution in [0.25, 0.3) is 0 Å². The molecule has 1 saturated heterocycles. The molecule has 3 nitrogen and oxygen atoms in total. The van der Waals surface area contributed by atoms with Gasteiger partial charge in [0.25, 0.3) is 0 Å². The van der Waals surface area contributed by atoms with Gasteiger partial charge in [0, 0.05) is 18.7 Å². The molecule has 1 aliphatic rings. The first-order valence-electron chi connectivity index (χ1n) is 5.96. The molecule has 0 spiro atoms. The number of aliphatic hydroxyl groups excluding tert-OH is 1. The van der Waals surface area contributed by atoms with E-state index in [1.807, 2.05) is 0 Å². The monoisotopic (exact) mass is 255 g/mol. The molecule has 0 aliphatic carbocycles. The first-order chi connectivity index (χ1) is 8.58. The Kier molecular flexibility index (Phi) is 3.91. The van der Waals surface area contributed by atoms with Crippen molar-refractivity contribution in [1.82, 2.24) is 4.90 Å². The van der Waals surface area contributed by atoms with Gasteiger partial charge in [-0.05, 0) is 18.9 Å². The maximum absolute atomic E-state index is 13.4. The van der Waals surface area contributed by atoms with Crippen LogP contribution in [-0.4, -0.2) is 35.1 Å². The van der Waals surface area contributed by atoms with E-state index in [1.54, 1.807) is 4.90 Å². The lowest BCUT2D eigenvalue weighted by Gasteiger charge is -2.29. The molecule has 1 fully saturated rings. The van der Waals surface area contributed by atoms with Gasteiger partial charge in [-0.3, -0.25) is 4.79 Å². The second-order valence-electron chi connectivity index (χ2n) is 4.50. The van der Waals surface area contributed by atoms with Crippen LogP contribution in [0.2, 0.25) is 0 Å². The van der Waals surface area contributed by atoms with Crippen LogP contribution in [0.5, 0.6) is 0 Å². The summed E-state index contributed by atoms with van der Waals surface area (Å²) in [4.78, 5) is 13.5. The summed E-state index contributed by atoms with van der Waals surface area (Å²) in [6.07, 6.45) is 0.578. The molecule has 1 amide bonds. The summed E-state index contributed by atoms with van der Waals surface area (Å²) in [5.41, 5.74) is 0.0751. The van der Waals surface area contributed by atoms with Crippen LogP contribution in [-0.2, 0) is 11.2 Å². The number of benzene rings is 1. The van der Waals surface area contributed by atoms with E-state index >= 15 is 0 Å². The van der Waals surface area contributed by atoms with Crippen molar-refractivity contribution in [2.24, 2.45) is 0 Å². The minimum absolute atomic E-state index is 0.0751. The summed E-state index contributed by atoms with van der Waals surface area (Å²) >= 11 is 0. The van der Waals surface area contributed by atoms with Gasteiger partial charge in [-0.15, -0.1) is 0 Å². The van der Waals surface area contributed by atoms with Gasteiger partial charge in [-0.25, -0.2) is 8.78 Å². The molecule has 5 heteroatoms. The molecule has 0 unspecified atom stereocenters. The highest BCUT2D eigenvalue weighted by Gasteiger charge is 2.22. The Morgan fingerprint density at radius 1 is 1.33 bits per heavy atom. The molecule has 2 rings (SSSR count). The van der Waals surface area contributed by atoms with Crippen LogP contribution in [0.3, 0.4) is 0 Å². The van der Waals surface area contributed by atoms with E-state index < -0.39 is 11.6 Å². The van der Waals surface area contributed by atoms with E-state index in [9.17, 15) is 18.7 Å². The number of carbonyl (C=O) groups excluding carboxylic acids is 1. The van der Waals surface area contributed by atoms with Crippen molar-refractivity contribution >= 4 is 5.91 Å². The summed E-state index contributed by atoms with van der Waals surface area (Å²) in [6, 6.07) is 3.83. The van der Waals surface area contributed by atoms with E-state index in [0.29, 0.717) is 25.9 Å². The largest absolute Gasteiger partial charge is 0.393 e. The zero-order chi connectivity index (χ0) is 13.1. The number of carbonyl (C=O) groups is 1. The van der Waals surface area contributed by atoms with Crippen LogP contribution < -0.4 is 0 Å². The van der Waals surface area contributed by atoms with Crippen molar-refractivity contribution in [2.45, 2.75) is 25.4 Å². The maximum Gasteiger partial charge on any atom is 0.227 e. The highest BCUT2D eigenvalue weighted by molar-refractivity contribution is 5.78. The van der Waals surface area contributed by atoms with E-state index in [4.69, 9.17) is 0 Å². The molecule has 0 saturated carbocycles. The van der Waals surface area contributed by atoms with Crippen molar-refractivity contribution in [3.05, 3.63) is 35.4 Å². The quantitative estimate of drug-likeness (QED) is 0.869. The van der Waals surface area contributed by atoms with Crippen LogP contribution in [0.1, 0.15) is 18.4 Å². The molecule has 1 aromatic rings. The molecule has 1 N–H and O–H groups in total. The average Bonchev–Trinajstić information content (AvgIpc) is 2.36. The topological polar surface area (TPSA) is 40.5 Å². The number of aliphatic hydroxyl groups is 1. The van der Waals surface area contributed by atoms with Crippen molar-refractivity contribution in [2.75, 3.05) is 13.1 Å². The third-order valence-corrected chi connectivity index (χ3v) is 3.19. The highest BCUT2D eigenvalue weighted by atomic mass is 19.2. The zero-order valence-corrected chi connectivity index (χ0v) is 9.90. The third-order valence-electron chi connectivity index (χ3n) is 3.19. The molecular weight excluding hydrogens is 240 g/mol. The Labute approximate surface area is 104 Å². The van der Waals surface area contributed by atoms with Gasteiger partial charge in [-0.1, -0.05) is 12.1 Å². The fraction of sp³-hybridized carbons (Fsp3) is 0.462. The van der Waals surface area contributed by atoms with E-state index in [1.165, 1.54) is 12.1 Å². The lowest BCUT2D eigenvalue weighted by molar-refractivity contribution is -0.132. The SMILES string of the molecule is O=C(Cc1cccc(F)c1F)N1CCC(O)CC1. The minimum atomic E-state index is -0.956. The van der Waals surface area contributed by atoms with Crippen molar-refractivity contribution in [3.8, 4) is 0 Å². The first-order valence-corrected chi connectivity index (χ1v) is 5.96. The summed E-state index contributed by atoms with van der Waals surface area (Å²) in [7, 11) is 0. The molecule has 98 valence electrons. The maximum atomic E-state index is 13.4. The zero-order valence-electron chi connectivity index (χ0n) is 9.90. The molecule has 1 aliphatic heterocycles. The van der Waals surface area contributed by atoms with Gasteiger partial charge in [0.2, 0.25) is 5.91 Å². The first kappa shape index (κ1) is 13.0. The Morgan fingerprint density at radius 2 is 2.00 bits per heavy atom. The van der Waals surface area contributed by atoms with Gasteiger partial charge in [-0.2, -0.15) is 0 Å². The number of amides is 1. The Morgan fingerprint density at radius 3 is 2.67 bits per heavy atom. The molecule has 1 aromatic carbocycles. The number of nitrogens with zero attached hydrogens (tertiary/aromatic N) is 1. The Balaban J connectivity index is 2.01. The summed E-state index contributed by atoms with van der Waals surface area (Å²) in [6.45, 7) is 0.938. The lowest BCUT2D eigenvalue weighted by Crippen LogP contribution is -2.40. The van der Waals surface area contributed by atoms with Crippen molar-refractivity contribution < 1.29 is 18.7 Å². The molecule has 1 heterocycles. The van der Waals surface area contributed by atoms with E-state index in [0.717, 1.165) is 6.07 Å². The molecule has 0 aromatic heterocycles. The number of halogens is 2. The van der Waals surface area contributed by atoms with E-state index in [-0.39, 0.29) is 24.0 Å². The van der Waals surface area contributed by atoms with Crippen LogP contribution in [0, 0.1) is 11.6 Å². The van der Waals surface area contributed by atoms with Gasteiger partial charge >= 0.3 is 0 Å². The standard InChI is InChI=1S/C13H15F2NO2/c14-11-3-1-2-9(13(11)15)8-12(18)16-6-4-10(17)5-7-16/h1-3,10,17H,4-8H2. The Hall–Kier alpha value is -1.49. The number of rotatable bonds is 2. The molecular formula is C13H15F2NO2. The van der Waals surface area contributed by atoms with Crippen LogP contribution in [0.4, 0.5) is 8.78 Å². The fourth-order valence-electron chi connectivity index (χ4n) is 2.07. The smallest absolute Gasteiger partial charge is 0.227 e.